The molecule has 2 amide bonds. The maximum absolute atomic E-state index is 12.0. The molecule has 3 aromatic rings. The minimum absolute atomic E-state index is 0.0150. The van der Waals surface area contributed by atoms with Crippen molar-refractivity contribution in [3.8, 4) is 0 Å². The zero-order valence-corrected chi connectivity index (χ0v) is 16.1. The topological polar surface area (TPSA) is 95.7 Å². The highest BCUT2D eigenvalue weighted by atomic mass is 16.3. The van der Waals surface area contributed by atoms with Gasteiger partial charge in [0.25, 0.3) is 5.91 Å². The Labute approximate surface area is 167 Å². The molecule has 0 saturated carbocycles. The van der Waals surface area contributed by atoms with Crippen LogP contribution in [0.25, 0.3) is 16.5 Å². The summed E-state index contributed by atoms with van der Waals surface area (Å²) in [6, 6.07) is 17.1. The molecule has 1 unspecified atom stereocenters. The molecule has 7 heteroatoms. The van der Waals surface area contributed by atoms with Crippen molar-refractivity contribution in [2.45, 2.75) is 13.1 Å². The number of amides is 2. The van der Waals surface area contributed by atoms with E-state index >= 15 is 0 Å². The molecule has 5 rings (SSSR count). The van der Waals surface area contributed by atoms with E-state index in [0.717, 1.165) is 35.8 Å². The molecule has 1 aromatic heterocycles. The second kappa shape index (κ2) is 8.38. The Morgan fingerprint density at radius 3 is 2.69 bits per heavy atom. The molecule has 2 aliphatic rings. The summed E-state index contributed by atoms with van der Waals surface area (Å²) in [5.74, 6) is 0.362. The van der Waals surface area contributed by atoms with E-state index in [0.29, 0.717) is 16.7 Å². The van der Waals surface area contributed by atoms with Crippen molar-refractivity contribution in [2.24, 2.45) is 4.99 Å². The van der Waals surface area contributed by atoms with Crippen molar-refractivity contribution in [1.29, 1.82) is 0 Å². The second-order valence-corrected chi connectivity index (χ2v) is 6.87. The molecular formula is C22H22N4O3. The van der Waals surface area contributed by atoms with Gasteiger partial charge in [-0.15, -0.1) is 0 Å². The molecule has 29 heavy (non-hydrogen) atoms. The van der Waals surface area contributed by atoms with Crippen LogP contribution in [0.2, 0.25) is 0 Å². The van der Waals surface area contributed by atoms with E-state index in [4.69, 9.17) is 4.42 Å². The fourth-order valence-electron chi connectivity index (χ4n) is 3.41. The highest BCUT2D eigenvalue weighted by molar-refractivity contribution is 6.20. The maximum atomic E-state index is 12.0. The van der Waals surface area contributed by atoms with Crippen LogP contribution in [0.5, 0.6) is 0 Å². The molecule has 0 bridgehead atoms. The molecule has 1 fully saturated rings. The van der Waals surface area contributed by atoms with Crippen molar-refractivity contribution >= 4 is 28.4 Å². The molecule has 1 atom stereocenters. The number of carbonyl (C=O) groups excluding carboxylic acids is 2. The number of carbonyl (C=O) groups is 2. The highest BCUT2D eigenvalue weighted by Gasteiger charge is 2.21. The number of hydrogen-bond acceptors (Lipinski definition) is 5. The van der Waals surface area contributed by atoms with Crippen molar-refractivity contribution in [1.82, 2.24) is 16.0 Å². The summed E-state index contributed by atoms with van der Waals surface area (Å²) in [4.78, 5) is 26.6. The first-order chi connectivity index (χ1) is 14.1. The Bertz CT molecular complexity index is 1140. The minimum atomic E-state index is -0.236. The first kappa shape index (κ1) is 19.0. The monoisotopic (exact) mass is 390 g/mol. The number of nitrogens with zero attached hydrogens (tertiary/aromatic N) is 1. The van der Waals surface area contributed by atoms with Gasteiger partial charge in [0, 0.05) is 37.2 Å². The predicted octanol–water partition coefficient (Wildman–Crippen LogP) is 0.433. The molecule has 3 N–H and O–H groups in total. The maximum Gasteiger partial charge on any atom is 0.282 e. The Hall–Kier alpha value is -3.29. The Morgan fingerprint density at radius 2 is 1.93 bits per heavy atom. The molecule has 0 spiro atoms. The van der Waals surface area contributed by atoms with Crippen LogP contribution in [-0.2, 0) is 9.59 Å². The molecule has 7 nitrogen and oxygen atoms in total. The van der Waals surface area contributed by atoms with Crippen molar-refractivity contribution in [2.75, 3.05) is 19.6 Å². The molecule has 1 saturated heterocycles. The predicted molar refractivity (Wildman–Crippen MR) is 109 cm³/mol. The summed E-state index contributed by atoms with van der Waals surface area (Å²) in [6.07, 6.45) is 0.117. The third kappa shape index (κ3) is 4.26. The number of rotatable bonds is 2. The van der Waals surface area contributed by atoms with Crippen LogP contribution in [0, 0.1) is 0 Å². The standard InChI is InChI=1S/C16H9NO2.C6H13N3O/c18-16-15(11-6-2-3-7-12(11)17-16)14-9-10-5-1-4-8-13(10)19-14;1-5(10)9-6-4-7-2-3-8-6/h1-9H;6-8H,2-4H2,1H3,(H,9,10). The quantitative estimate of drug-likeness (QED) is 0.590. The number of furan rings is 1. The van der Waals surface area contributed by atoms with Gasteiger partial charge >= 0.3 is 0 Å². The third-order valence-electron chi connectivity index (χ3n) is 4.70. The third-order valence-corrected chi connectivity index (χ3v) is 4.70. The number of para-hydroxylation sites is 2. The Balaban J connectivity index is 0.000000174. The van der Waals surface area contributed by atoms with Gasteiger partial charge in [-0.25, -0.2) is 4.99 Å². The van der Waals surface area contributed by atoms with Crippen LogP contribution in [0.1, 0.15) is 12.7 Å². The van der Waals surface area contributed by atoms with Crippen LogP contribution in [0.15, 0.2) is 64.0 Å². The number of nitrogens with one attached hydrogen (secondary N) is 3. The minimum Gasteiger partial charge on any atom is -0.456 e. The average molecular weight is 390 g/mol. The van der Waals surface area contributed by atoms with Gasteiger partial charge in [0.15, 0.2) is 0 Å². The average Bonchev–Trinajstić information content (AvgIpc) is 3.28. The van der Waals surface area contributed by atoms with Crippen LogP contribution in [-0.4, -0.2) is 37.6 Å². The lowest BCUT2D eigenvalue weighted by atomic mass is 10.1. The van der Waals surface area contributed by atoms with Crippen LogP contribution < -0.4 is 26.5 Å². The zero-order chi connectivity index (χ0) is 20.2. The second-order valence-electron chi connectivity index (χ2n) is 6.87. The van der Waals surface area contributed by atoms with Crippen LogP contribution in [0.4, 0.5) is 0 Å². The SMILES string of the molecule is CC(=O)NC1CNCCN1.O=C1N=c2ccccc2=C1c1cc2ccccc2o1. The normalized spacial score (nSPS) is 17.9. The molecule has 0 aliphatic carbocycles. The van der Waals surface area contributed by atoms with E-state index in [-0.39, 0.29) is 18.0 Å². The Kier molecular flexibility index (Phi) is 5.50. The highest BCUT2D eigenvalue weighted by Crippen LogP contribution is 2.24. The lowest BCUT2D eigenvalue weighted by Gasteiger charge is -2.24. The van der Waals surface area contributed by atoms with E-state index < -0.39 is 0 Å². The van der Waals surface area contributed by atoms with Crippen molar-refractivity contribution < 1.29 is 14.0 Å². The van der Waals surface area contributed by atoms with Crippen LogP contribution in [0.3, 0.4) is 0 Å². The zero-order valence-electron chi connectivity index (χ0n) is 16.1. The van der Waals surface area contributed by atoms with Crippen LogP contribution >= 0.6 is 0 Å². The van der Waals surface area contributed by atoms with Gasteiger partial charge < -0.3 is 15.1 Å². The van der Waals surface area contributed by atoms with Crippen molar-refractivity contribution in [3.63, 3.8) is 0 Å². The molecule has 148 valence electrons. The molecule has 2 aliphatic heterocycles. The molecular weight excluding hydrogens is 368 g/mol. The lowest BCUT2D eigenvalue weighted by molar-refractivity contribution is -0.120. The van der Waals surface area contributed by atoms with Gasteiger partial charge in [-0.1, -0.05) is 36.4 Å². The largest absolute Gasteiger partial charge is 0.456 e. The number of fused-ring (bicyclic) bond motifs is 2. The number of benzene rings is 2. The molecule has 3 heterocycles. The van der Waals surface area contributed by atoms with Crippen molar-refractivity contribution in [3.05, 3.63) is 70.9 Å². The van der Waals surface area contributed by atoms with E-state index in [1.807, 2.05) is 54.6 Å². The summed E-state index contributed by atoms with van der Waals surface area (Å²) in [5.41, 5.74) is 1.33. The fraction of sp³-hybridized carbons (Fsp3) is 0.227. The van der Waals surface area contributed by atoms with Gasteiger partial charge in [-0.05, 0) is 18.2 Å². The summed E-state index contributed by atoms with van der Waals surface area (Å²) in [6.45, 7) is 4.25. The number of hydrogen-bond donors (Lipinski definition) is 3. The van der Waals surface area contributed by atoms with E-state index in [2.05, 4.69) is 20.9 Å². The summed E-state index contributed by atoms with van der Waals surface area (Å²) < 4.78 is 5.76. The first-order valence-corrected chi connectivity index (χ1v) is 9.54. The summed E-state index contributed by atoms with van der Waals surface area (Å²) in [5, 5.41) is 11.6. The Morgan fingerprint density at radius 1 is 1.14 bits per heavy atom. The van der Waals surface area contributed by atoms with E-state index in [1.54, 1.807) is 0 Å². The van der Waals surface area contributed by atoms with Gasteiger partial charge in [-0.3, -0.25) is 14.9 Å². The van der Waals surface area contributed by atoms with Gasteiger partial charge in [0.2, 0.25) is 5.91 Å². The summed E-state index contributed by atoms with van der Waals surface area (Å²) >= 11 is 0. The van der Waals surface area contributed by atoms with Gasteiger partial charge in [0.1, 0.15) is 11.3 Å². The van der Waals surface area contributed by atoms with E-state index in [9.17, 15) is 9.59 Å². The molecule has 2 aromatic carbocycles. The summed E-state index contributed by atoms with van der Waals surface area (Å²) in [7, 11) is 0. The molecule has 0 radical (unpaired) electrons. The van der Waals surface area contributed by atoms with Gasteiger partial charge in [-0.2, -0.15) is 0 Å². The smallest absolute Gasteiger partial charge is 0.282 e. The lowest BCUT2D eigenvalue weighted by Crippen LogP contribution is -2.56. The van der Waals surface area contributed by atoms with E-state index in [1.165, 1.54) is 6.92 Å². The number of piperazine rings is 1. The first-order valence-electron chi connectivity index (χ1n) is 9.54. The van der Waals surface area contributed by atoms with Gasteiger partial charge in [0.05, 0.1) is 17.1 Å². The fourth-order valence-corrected chi connectivity index (χ4v) is 3.41.